The monoisotopic (exact) mass is 383 g/mol. The zero-order valence-corrected chi connectivity index (χ0v) is 15.9. The Kier molecular flexibility index (Phi) is 7.41. The summed E-state index contributed by atoms with van der Waals surface area (Å²) >= 11 is 0. The van der Waals surface area contributed by atoms with Crippen molar-refractivity contribution in [3.8, 4) is 0 Å². The van der Waals surface area contributed by atoms with Crippen LogP contribution in [-0.4, -0.2) is 60.9 Å². The molecule has 1 aromatic rings. The molecule has 0 saturated carbocycles. The van der Waals surface area contributed by atoms with Gasteiger partial charge in [0.25, 0.3) is 5.91 Å². The zero-order valence-electron chi connectivity index (χ0n) is 15.1. The molecular formula is C19H27ClFN3O2. The van der Waals surface area contributed by atoms with E-state index in [1.165, 1.54) is 24.3 Å². The van der Waals surface area contributed by atoms with Crippen LogP contribution in [0.3, 0.4) is 0 Å². The molecule has 0 radical (unpaired) electrons. The van der Waals surface area contributed by atoms with Gasteiger partial charge in [0.2, 0.25) is 5.91 Å². The zero-order chi connectivity index (χ0) is 17.8. The van der Waals surface area contributed by atoms with E-state index in [9.17, 15) is 14.0 Å². The van der Waals surface area contributed by atoms with Gasteiger partial charge in [-0.3, -0.25) is 9.59 Å². The van der Waals surface area contributed by atoms with Crippen LogP contribution < -0.4 is 5.32 Å². The summed E-state index contributed by atoms with van der Waals surface area (Å²) in [6.45, 7) is 2.68. The first-order valence-electron chi connectivity index (χ1n) is 9.09. The number of carbonyl (C=O) groups is 2. The van der Waals surface area contributed by atoms with Crippen molar-refractivity contribution in [2.45, 2.75) is 31.7 Å². The molecule has 0 spiro atoms. The predicted molar refractivity (Wildman–Crippen MR) is 101 cm³/mol. The Morgan fingerprint density at radius 1 is 1.04 bits per heavy atom. The summed E-state index contributed by atoms with van der Waals surface area (Å²) in [6.07, 6.45) is 3.62. The van der Waals surface area contributed by atoms with Crippen LogP contribution in [0.25, 0.3) is 0 Å². The van der Waals surface area contributed by atoms with Crippen LogP contribution in [0.4, 0.5) is 4.39 Å². The second-order valence-corrected chi connectivity index (χ2v) is 6.99. The number of halogens is 2. The van der Waals surface area contributed by atoms with Crippen LogP contribution in [0.5, 0.6) is 0 Å². The minimum absolute atomic E-state index is 0. The van der Waals surface area contributed by atoms with Crippen molar-refractivity contribution in [1.29, 1.82) is 0 Å². The maximum Gasteiger partial charge on any atom is 0.253 e. The molecule has 26 heavy (non-hydrogen) atoms. The van der Waals surface area contributed by atoms with Crippen LogP contribution in [0.1, 0.15) is 36.0 Å². The van der Waals surface area contributed by atoms with Crippen molar-refractivity contribution in [3.63, 3.8) is 0 Å². The van der Waals surface area contributed by atoms with Crippen molar-refractivity contribution >= 4 is 24.2 Å². The first-order valence-corrected chi connectivity index (χ1v) is 9.09. The first-order chi connectivity index (χ1) is 12.1. The van der Waals surface area contributed by atoms with Gasteiger partial charge in [-0.1, -0.05) is 0 Å². The van der Waals surface area contributed by atoms with Gasteiger partial charge in [0.15, 0.2) is 0 Å². The van der Waals surface area contributed by atoms with Crippen LogP contribution in [0, 0.1) is 11.7 Å². The SMILES string of the molecule is CNC1CCN(C(=O)C2CCCN(C(=O)c3ccc(F)cc3)C2)CC1.Cl. The standard InChI is InChI=1S/C19H26FN3O2.ClH/c1-21-17-8-11-22(12-9-17)19(25)15-3-2-10-23(13-15)18(24)14-4-6-16(20)7-5-14;/h4-7,15,17,21H,2-3,8-13H2,1H3;1H. The van der Waals surface area contributed by atoms with E-state index < -0.39 is 0 Å². The van der Waals surface area contributed by atoms with E-state index in [1.807, 2.05) is 11.9 Å². The quantitative estimate of drug-likeness (QED) is 0.871. The third-order valence-electron chi connectivity index (χ3n) is 5.36. The van der Waals surface area contributed by atoms with Crippen LogP contribution in [0.2, 0.25) is 0 Å². The fraction of sp³-hybridized carbons (Fsp3) is 0.579. The number of rotatable bonds is 3. The molecule has 5 nitrogen and oxygen atoms in total. The van der Waals surface area contributed by atoms with Gasteiger partial charge in [-0.05, 0) is 57.0 Å². The Morgan fingerprint density at radius 3 is 2.31 bits per heavy atom. The van der Waals surface area contributed by atoms with Gasteiger partial charge >= 0.3 is 0 Å². The van der Waals surface area contributed by atoms with Crippen molar-refractivity contribution in [2.24, 2.45) is 5.92 Å². The van der Waals surface area contributed by atoms with Crippen molar-refractivity contribution < 1.29 is 14.0 Å². The highest BCUT2D eigenvalue weighted by Crippen LogP contribution is 2.22. The minimum atomic E-state index is -0.353. The summed E-state index contributed by atoms with van der Waals surface area (Å²) in [4.78, 5) is 29.1. The van der Waals surface area contributed by atoms with Crippen molar-refractivity contribution in [2.75, 3.05) is 33.2 Å². The fourth-order valence-corrected chi connectivity index (χ4v) is 3.78. The van der Waals surface area contributed by atoms with Gasteiger partial charge in [-0.2, -0.15) is 0 Å². The van der Waals surface area contributed by atoms with E-state index in [0.717, 1.165) is 38.8 Å². The summed E-state index contributed by atoms with van der Waals surface area (Å²) in [6, 6.07) is 6.10. The molecule has 2 heterocycles. The number of hydrogen-bond acceptors (Lipinski definition) is 3. The Balaban J connectivity index is 0.00000243. The van der Waals surface area contributed by atoms with Gasteiger partial charge in [-0.25, -0.2) is 4.39 Å². The Bertz CT molecular complexity index is 618. The molecule has 144 valence electrons. The normalized spacial score (nSPS) is 21.2. The average Bonchev–Trinajstić information content (AvgIpc) is 2.67. The molecule has 0 bridgehead atoms. The number of carbonyl (C=O) groups excluding carboxylic acids is 2. The number of amides is 2. The number of likely N-dealkylation sites (tertiary alicyclic amines) is 2. The third-order valence-corrected chi connectivity index (χ3v) is 5.36. The Morgan fingerprint density at radius 2 is 1.69 bits per heavy atom. The van der Waals surface area contributed by atoms with Gasteiger partial charge in [0, 0.05) is 37.8 Å². The minimum Gasteiger partial charge on any atom is -0.342 e. The number of hydrogen-bond donors (Lipinski definition) is 1. The molecule has 7 heteroatoms. The molecule has 1 N–H and O–H groups in total. The van der Waals surface area contributed by atoms with Gasteiger partial charge < -0.3 is 15.1 Å². The largest absolute Gasteiger partial charge is 0.342 e. The molecule has 3 rings (SSSR count). The van der Waals surface area contributed by atoms with E-state index in [2.05, 4.69) is 5.32 Å². The summed E-state index contributed by atoms with van der Waals surface area (Å²) < 4.78 is 13.0. The lowest BCUT2D eigenvalue weighted by molar-refractivity contribution is -0.138. The molecule has 1 unspecified atom stereocenters. The first kappa shape index (κ1) is 20.6. The van der Waals surface area contributed by atoms with E-state index in [0.29, 0.717) is 24.7 Å². The fourth-order valence-electron chi connectivity index (χ4n) is 3.78. The predicted octanol–water partition coefficient (Wildman–Crippen LogP) is 2.31. The second-order valence-electron chi connectivity index (χ2n) is 6.99. The van der Waals surface area contributed by atoms with E-state index in [4.69, 9.17) is 0 Å². The molecule has 2 aliphatic heterocycles. The van der Waals surface area contributed by atoms with Crippen LogP contribution >= 0.6 is 12.4 Å². The van der Waals surface area contributed by atoms with Gasteiger partial charge in [-0.15, -0.1) is 12.4 Å². The van der Waals surface area contributed by atoms with E-state index >= 15 is 0 Å². The maximum absolute atomic E-state index is 13.0. The average molecular weight is 384 g/mol. The molecule has 2 saturated heterocycles. The number of benzene rings is 1. The molecular weight excluding hydrogens is 357 g/mol. The highest BCUT2D eigenvalue weighted by molar-refractivity contribution is 5.94. The molecule has 1 aromatic carbocycles. The van der Waals surface area contributed by atoms with Gasteiger partial charge in [0.05, 0.1) is 5.92 Å². The third kappa shape index (κ3) is 4.74. The molecule has 2 fully saturated rings. The molecule has 0 aromatic heterocycles. The van der Waals surface area contributed by atoms with Gasteiger partial charge in [0.1, 0.15) is 5.82 Å². The lowest BCUT2D eigenvalue weighted by Gasteiger charge is -2.37. The van der Waals surface area contributed by atoms with E-state index in [-0.39, 0.29) is 36.0 Å². The molecule has 2 amide bonds. The Labute approximate surface area is 160 Å². The summed E-state index contributed by atoms with van der Waals surface area (Å²) in [5.41, 5.74) is 0.476. The highest BCUT2D eigenvalue weighted by atomic mass is 35.5. The lowest BCUT2D eigenvalue weighted by Crippen LogP contribution is -2.50. The maximum atomic E-state index is 13.0. The number of nitrogens with zero attached hydrogens (tertiary/aromatic N) is 2. The molecule has 2 aliphatic rings. The second kappa shape index (κ2) is 9.33. The molecule has 0 aliphatic carbocycles. The summed E-state index contributed by atoms with van der Waals surface area (Å²) in [5, 5.41) is 3.27. The van der Waals surface area contributed by atoms with Crippen molar-refractivity contribution in [1.82, 2.24) is 15.1 Å². The Hall–Kier alpha value is -1.66. The number of nitrogens with one attached hydrogen (secondary N) is 1. The highest BCUT2D eigenvalue weighted by Gasteiger charge is 2.33. The summed E-state index contributed by atoms with van der Waals surface area (Å²) in [7, 11) is 1.96. The number of piperidine rings is 2. The van der Waals surface area contributed by atoms with Crippen molar-refractivity contribution in [3.05, 3.63) is 35.6 Å². The summed E-state index contributed by atoms with van der Waals surface area (Å²) in [5.74, 6) is -0.421. The van der Waals surface area contributed by atoms with E-state index in [1.54, 1.807) is 4.90 Å². The molecule has 1 atom stereocenters. The topological polar surface area (TPSA) is 52.7 Å². The van der Waals surface area contributed by atoms with Crippen LogP contribution in [-0.2, 0) is 4.79 Å². The van der Waals surface area contributed by atoms with Crippen LogP contribution in [0.15, 0.2) is 24.3 Å². The smallest absolute Gasteiger partial charge is 0.253 e. The lowest BCUT2D eigenvalue weighted by atomic mass is 9.94.